The first-order valence-electron chi connectivity index (χ1n) is 7.53. The van der Waals surface area contributed by atoms with Gasteiger partial charge in [-0.3, -0.25) is 0 Å². The third-order valence-corrected chi connectivity index (χ3v) is 8.27. The van der Waals surface area contributed by atoms with Gasteiger partial charge in [0.1, 0.15) is 0 Å². The van der Waals surface area contributed by atoms with Crippen LogP contribution in [-0.4, -0.2) is 38.7 Å². The summed E-state index contributed by atoms with van der Waals surface area (Å²) in [6.45, 7) is 24.4. The average Bonchev–Trinajstić information content (AvgIpc) is 2.19. The molecule has 104 valence electrons. The van der Waals surface area contributed by atoms with E-state index in [1.54, 1.807) is 0 Å². The largest absolute Gasteiger partial charge is 0.304 e. The molecule has 0 amide bonds. The first-order chi connectivity index (χ1) is 7.81. The number of rotatable bonds is 6. The molecule has 2 heteroatoms. The summed E-state index contributed by atoms with van der Waals surface area (Å²) in [6.07, 6.45) is 0. The highest BCUT2D eigenvalue weighted by atomic mass is 27.2. The van der Waals surface area contributed by atoms with Gasteiger partial charge < -0.3 is 4.90 Å². The normalized spacial score (nSPS) is 11.1. The zero-order valence-electron chi connectivity index (χ0n) is 13.9. The van der Waals surface area contributed by atoms with Crippen molar-refractivity contribution in [2.45, 2.75) is 76.7 Å². The van der Waals surface area contributed by atoms with Crippen LogP contribution >= 0.6 is 0 Å². The van der Waals surface area contributed by atoms with Crippen molar-refractivity contribution in [3.8, 4) is 0 Å². The summed E-state index contributed by atoms with van der Waals surface area (Å²) in [6, 6.07) is 0. The minimum atomic E-state index is -0.454. The van der Waals surface area contributed by atoms with Gasteiger partial charge >= 0.3 is 0 Å². The Balaban J connectivity index is 0. The molecular formula is C15H36AlN. The van der Waals surface area contributed by atoms with Crippen LogP contribution in [-0.2, 0) is 0 Å². The fraction of sp³-hybridized carbons (Fsp3) is 1.00. The SMILES string of the molecule is CCN(CC)CC.C[CH](C)[Al]([CH](C)C)[CH](C)C. The van der Waals surface area contributed by atoms with Crippen LogP contribution in [0.3, 0.4) is 0 Å². The van der Waals surface area contributed by atoms with Crippen LogP contribution in [0.25, 0.3) is 0 Å². The van der Waals surface area contributed by atoms with Crippen molar-refractivity contribution < 1.29 is 0 Å². The molecule has 0 aliphatic heterocycles. The molecule has 0 spiro atoms. The summed E-state index contributed by atoms with van der Waals surface area (Å²) >= 11 is -0.454. The molecular weight excluding hydrogens is 221 g/mol. The first-order valence-corrected chi connectivity index (χ1v) is 9.53. The molecule has 0 unspecified atom stereocenters. The zero-order chi connectivity index (χ0) is 14.0. The van der Waals surface area contributed by atoms with Crippen molar-refractivity contribution in [2.75, 3.05) is 19.6 Å². The van der Waals surface area contributed by atoms with E-state index in [4.69, 9.17) is 0 Å². The van der Waals surface area contributed by atoms with Gasteiger partial charge in [-0.05, 0) is 19.6 Å². The Kier molecular flexibility index (Phi) is 13.5. The third-order valence-electron chi connectivity index (χ3n) is 3.65. The van der Waals surface area contributed by atoms with E-state index in [0.29, 0.717) is 0 Å². The highest BCUT2D eigenvalue weighted by molar-refractivity contribution is 6.63. The van der Waals surface area contributed by atoms with E-state index in [9.17, 15) is 0 Å². The zero-order valence-corrected chi connectivity index (χ0v) is 15.0. The lowest BCUT2D eigenvalue weighted by molar-refractivity contribution is 0.321. The summed E-state index contributed by atoms with van der Waals surface area (Å²) in [5, 5.41) is 0. The Bertz CT molecular complexity index is 126. The molecule has 0 rings (SSSR count). The predicted octanol–water partition coefficient (Wildman–Crippen LogP) is 5.06. The lowest BCUT2D eigenvalue weighted by Crippen LogP contribution is -2.24. The maximum atomic E-state index is 2.39. The van der Waals surface area contributed by atoms with Crippen LogP contribution in [0.1, 0.15) is 62.3 Å². The number of hydrogen-bond acceptors (Lipinski definition) is 1. The van der Waals surface area contributed by atoms with Crippen LogP contribution in [0.2, 0.25) is 14.3 Å². The summed E-state index contributed by atoms with van der Waals surface area (Å²) in [4.78, 5) is 2.38. The van der Waals surface area contributed by atoms with Gasteiger partial charge in [0, 0.05) is 0 Å². The topological polar surface area (TPSA) is 3.24 Å². The lowest BCUT2D eigenvalue weighted by atomic mass is 10.5. The van der Waals surface area contributed by atoms with Crippen molar-refractivity contribution in [1.29, 1.82) is 0 Å². The molecule has 0 aliphatic carbocycles. The highest BCUT2D eigenvalue weighted by Gasteiger charge is 2.27. The van der Waals surface area contributed by atoms with E-state index >= 15 is 0 Å². The van der Waals surface area contributed by atoms with Gasteiger partial charge in [0.25, 0.3) is 14.1 Å². The number of nitrogens with zero attached hydrogens (tertiary/aromatic N) is 1. The molecule has 0 saturated carbocycles. The second kappa shape index (κ2) is 11.6. The van der Waals surface area contributed by atoms with Gasteiger partial charge in [0.15, 0.2) is 0 Å². The van der Waals surface area contributed by atoms with E-state index in [-0.39, 0.29) is 0 Å². The Morgan fingerprint density at radius 2 is 0.882 bits per heavy atom. The van der Waals surface area contributed by atoms with Gasteiger partial charge in [0.05, 0.1) is 0 Å². The predicted molar refractivity (Wildman–Crippen MR) is 84.5 cm³/mol. The minimum absolute atomic E-state index is 0.454. The standard InChI is InChI=1S/C6H15N.3C3H7.Al/c1-4-7(5-2)6-3;3*1-3-2;/h4-6H2,1-3H3;3*3H,1-2H3;. The van der Waals surface area contributed by atoms with E-state index in [0.717, 1.165) is 14.3 Å². The number of hydrogen-bond donors (Lipinski definition) is 0. The molecule has 0 aromatic rings. The Morgan fingerprint density at radius 3 is 0.882 bits per heavy atom. The summed E-state index contributed by atoms with van der Waals surface area (Å²) in [7, 11) is 0. The van der Waals surface area contributed by atoms with Gasteiger partial charge in [-0.25, -0.2) is 0 Å². The molecule has 0 bridgehead atoms. The van der Waals surface area contributed by atoms with Crippen molar-refractivity contribution >= 4 is 14.1 Å². The van der Waals surface area contributed by atoms with Gasteiger partial charge in [0.2, 0.25) is 0 Å². The van der Waals surface area contributed by atoms with Gasteiger partial charge in [-0.15, -0.1) is 0 Å². The molecule has 0 radical (unpaired) electrons. The maximum Gasteiger partial charge on any atom is 0.270 e. The van der Waals surface area contributed by atoms with Crippen LogP contribution in [0, 0.1) is 0 Å². The molecule has 0 atom stereocenters. The fourth-order valence-corrected chi connectivity index (χ4v) is 7.60. The molecule has 0 aromatic heterocycles. The average molecular weight is 257 g/mol. The molecule has 17 heavy (non-hydrogen) atoms. The van der Waals surface area contributed by atoms with E-state index in [2.05, 4.69) is 67.2 Å². The molecule has 1 nitrogen and oxygen atoms in total. The van der Waals surface area contributed by atoms with Crippen LogP contribution in [0.15, 0.2) is 0 Å². The van der Waals surface area contributed by atoms with Gasteiger partial charge in [-0.2, -0.15) is 0 Å². The van der Waals surface area contributed by atoms with E-state index < -0.39 is 14.1 Å². The minimum Gasteiger partial charge on any atom is -0.304 e. The first kappa shape index (κ1) is 19.8. The Labute approximate surface area is 115 Å². The fourth-order valence-electron chi connectivity index (χ4n) is 2.98. The third kappa shape index (κ3) is 10.1. The van der Waals surface area contributed by atoms with Crippen molar-refractivity contribution in [1.82, 2.24) is 4.90 Å². The summed E-state index contributed by atoms with van der Waals surface area (Å²) in [5.74, 6) is 0. The van der Waals surface area contributed by atoms with Crippen LogP contribution in [0.4, 0.5) is 0 Å². The van der Waals surface area contributed by atoms with Crippen LogP contribution < -0.4 is 0 Å². The molecule has 0 heterocycles. The molecule has 0 saturated heterocycles. The van der Waals surface area contributed by atoms with Crippen LogP contribution in [0.5, 0.6) is 0 Å². The molecule has 0 aliphatic rings. The second-order valence-corrected chi connectivity index (χ2v) is 11.1. The smallest absolute Gasteiger partial charge is 0.270 e. The Hall–Kier alpha value is 0.492. The van der Waals surface area contributed by atoms with E-state index in [1.165, 1.54) is 19.6 Å². The second-order valence-electron chi connectivity index (χ2n) is 5.93. The van der Waals surface area contributed by atoms with Crippen molar-refractivity contribution in [2.24, 2.45) is 0 Å². The molecule has 0 aromatic carbocycles. The van der Waals surface area contributed by atoms with Crippen molar-refractivity contribution in [3.63, 3.8) is 0 Å². The lowest BCUT2D eigenvalue weighted by Gasteiger charge is -2.22. The quantitative estimate of drug-likeness (QED) is 0.601. The summed E-state index contributed by atoms with van der Waals surface area (Å²) < 4.78 is 2.92. The van der Waals surface area contributed by atoms with E-state index in [1.807, 2.05) is 0 Å². The van der Waals surface area contributed by atoms with Crippen molar-refractivity contribution in [3.05, 3.63) is 0 Å². The Morgan fingerprint density at radius 1 is 0.647 bits per heavy atom. The van der Waals surface area contributed by atoms with Gasteiger partial charge in [-0.1, -0.05) is 76.7 Å². The maximum absolute atomic E-state index is 2.39. The summed E-state index contributed by atoms with van der Waals surface area (Å²) in [5.41, 5.74) is 0. The highest BCUT2D eigenvalue weighted by Crippen LogP contribution is 2.28. The molecule has 0 N–H and O–H groups in total. The monoisotopic (exact) mass is 257 g/mol. The molecule has 0 fully saturated rings.